The number of rotatable bonds is 6. The van der Waals surface area contributed by atoms with E-state index in [1.165, 1.54) is 10.8 Å². The van der Waals surface area contributed by atoms with Gasteiger partial charge < -0.3 is 14.2 Å². The van der Waals surface area contributed by atoms with E-state index in [2.05, 4.69) is 4.98 Å². The third kappa shape index (κ3) is 5.09. The summed E-state index contributed by atoms with van der Waals surface area (Å²) >= 11 is 0. The molecule has 0 amide bonds. The van der Waals surface area contributed by atoms with Crippen LogP contribution in [0.2, 0.25) is 0 Å². The van der Waals surface area contributed by atoms with E-state index in [0.29, 0.717) is 16.7 Å². The molecule has 9 nitrogen and oxygen atoms in total. The average molecular weight is 451 g/mol. The van der Waals surface area contributed by atoms with Gasteiger partial charge in [-0.25, -0.2) is 14.4 Å². The lowest BCUT2D eigenvalue weighted by Crippen LogP contribution is -2.33. The van der Waals surface area contributed by atoms with Crippen LogP contribution in [0.3, 0.4) is 0 Å². The van der Waals surface area contributed by atoms with E-state index < -0.39 is 41.6 Å². The van der Waals surface area contributed by atoms with Gasteiger partial charge in [-0.3, -0.25) is 14.3 Å². The predicted octanol–water partition coefficient (Wildman–Crippen LogP) is 2.22. The molecule has 3 atom stereocenters. The maximum Gasteiger partial charge on any atom is 0.338 e. The van der Waals surface area contributed by atoms with E-state index in [4.69, 9.17) is 14.2 Å². The third-order valence-electron chi connectivity index (χ3n) is 5.29. The van der Waals surface area contributed by atoms with E-state index in [9.17, 15) is 19.2 Å². The number of nitrogens with one attached hydrogen (secondary N) is 1. The van der Waals surface area contributed by atoms with Crippen LogP contribution in [0.15, 0.2) is 76.4 Å². The number of carbonyl (C=O) groups is 2. The summed E-state index contributed by atoms with van der Waals surface area (Å²) < 4.78 is 18.2. The van der Waals surface area contributed by atoms with E-state index in [-0.39, 0.29) is 13.0 Å². The Balaban J connectivity index is 1.53. The summed E-state index contributed by atoms with van der Waals surface area (Å²) in [5, 5.41) is 0. The zero-order valence-corrected chi connectivity index (χ0v) is 17.8. The molecule has 1 aromatic heterocycles. The number of nitrogens with zero attached hydrogens (tertiary/aromatic N) is 1. The molecule has 1 aliphatic rings. The minimum atomic E-state index is -0.818. The quantitative estimate of drug-likeness (QED) is 0.451. The second-order valence-electron chi connectivity index (χ2n) is 7.62. The summed E-state index contributed by atoms with van der Waals surface area (Å²) in [4.78, 5) is 51.2. The summed E-state index contributed by atoms with van der Waals surface area (Å²) in [5.74, 6) is -1.11. The van der Waals surface area contributed by atoms with Crippen molar-refractivity contribution in [2.45, 2.75) is 31.8 Å². The number of esters is 2. The van der Waals surface area contributed by atoms with Crippen LogP contribution in [-0.2, 0) is 14.2 Å². The first-order valence-electron chi connectivity index (χ1n) is 10.4. The highest BCUT2D eigenvalue weighted by Crippen LogP contribution is 2.31. The average Bonchev–Trinajstić information content (AvgIpc) is 3.23. The Kier molecular flexibility index (Phi) is 6.50. The third-order valence-corrected chi connectivity index (χ3v) is 5.29. The summed E-state index contributed by atoms with van der Waals surface area (Å²) in [6, 6.07) is 16.9. The van der Waals surface area contributed by atoms with E-state index in [1.807, 2.05) is 0 Å². The number of aryl methyl sites for hydroxylation is 1. The lowest BCUT2D eigenvalue weighted by Gasteiger charge is -2.19. The SMILES string of the molecule is Cc1cn([C@H]2C[C@H](OC(=O)c3ccccc3)[C@@H]([13CH2]OC(=O)c3ccccc3)O2)c(=O)[nH]c1=O. The van der Waals surface area contributed by atoms with Crippen molar-refractivity contribution in [2.24, 2.45) is 0 Å². The van der Waals surface area contributed by atoms with Crippen molar-refractivity contribution in [1.82, 2.24) is 9.55 Å². The fraction of sp³-hybridized carbons (Fsp3) is 0.250. The van der Waals surface area contributed by atoms with Gasteiger partial charge in [-0.1, -0.05) is 36.4 Å². The summed E-state index contributed by atoms with van der Waals surface area (Å²) in [6.07, 6.45) is -0.889. The second-order valence-corrected chi connectivity index (χ2v) is 7.62. The zero-order valence-electron chi connectivity index (χ0n) is 17.8. The number of hydrogen-bond donors (Lipinski definition) is 1. The van der Waals surface area contributed by atoms with Crippen molar-refractivity contribution in [3.63, 3.8) is 0 Å². The van der Waals surface area contributed by atoms with Crippen LogP contribution in [0.4, 0.5) is 0 Å². The fourth-order valence-electron chi connectivity index (χ4n) is 3.54. The Morgan fingerprint density at radius 1 is 1.00 bits per heavy atom. The number of carbonyl (C=O) groups excluding carboxylic acids is 2. The number of ether oxygens (including phenoxy) is 3. The first-order valence-corrected chi connectivity index (χ1v) is 10.4. The van der Waals surface area contributed by atoms with Gasteiger partial charge in [0.05, 0.1) is 11.1 Å². The van der Waals surface area contributed by atoms with Crippen LogP contribution >= 0.6 is 0 Å². The highest BCUT2D eigenvalue weighted by molar-refractivity contribution is 5.90. The van der Waals surface area contributed by atoms with Gasteiger partial charge in [-0.05, 0) is 31.2 Å². The van der Waals surface area contributed by atoms with Gasteiger partial charge in [0.1, 0.15) is 25.0 Å². The zero-order chi connectivity index (χ0) is 23.4. The first-order chi connectivity index (χ1) is 15.9. The molecule has 0 unspecified atom stereocenters. The molecule has 1 aliphatic heterocycles. The maximum absolute atomic E-state index is 12.6. The molecule has 1 saturated heterocycles. The van der Waals surface area contributed by atoms with Gasteiger partial charge in [-0.2, -0.15) is 0 Å². The van der Waals surface area contributed by atoms with Crippen LogP contribution < -0.4 is 11.2 Å². The Morgan fingerprint density at radius 2 is 1.61 bits per heavy atom. The molecule has 0 radical (unpaired) electrons. The Hall–Kier alpha value is -3.98. The molecule has 2 aromatic carbocycles. The smallest absolute Gasteiger partial charge is 0.338 e. The van der Waals surface area contributed by atoms with Crippen molar-refractivity contribution < 1.29 is 23.8 Å². The van der Waals surface area contributed by atoms with E-state index >= 15 is 0 Å². The number of H-pyrrole nitrogens is 1. The molecule has 4 rings (SSSR count). The van der Waals surface area contributed by atoms with Crippen molar-refractivity contribution in [2.75, 3.05) is 6.61 Å². The molecular weight excluding hydrogens is 429 g/mol. The minimum Gasteiger partial charge on any atom is -0.459 e. The number of hydrogen-bond acceptors (Lipinski definition) is 7. The molecule has 3 aromatic rings. The molecular formula is C24H22N2O7. The molecule has 1 fully saturated rings. The van der Waals surface area contributed by atoms with Crippen LogP contribution in [0.25, 0.3) is 0 Å². The summed E-state index contributed by atoms with van der Waals surface area (Å²) in [6.45, 7) is 1.38. The lowest BCUT2D eigenvalue weighted by atomic mass is 10.2. The van der Waals surface area contributed by atoms with Crippen molar-refractivity contribution in [3.8, 4) is 0 Å². The van der Waals surface area contributed by atoms with Crippen molar-refractivity contribution in [3.05, 3.63) is 104 Å². The molecule has 0 spiro atoms. The van der Waals surface area contributed by atoms with Gasteiger partial charge >= 0.3 is 17.6 Å². The maximum atomic E-state index is 12.6. The van der Waals surface area contributed by atoms with Gasteiger partial charge in [-0.15, -0.1) is 0 Å². The highest BCUT2D eigenvalue weighted by atomic mass is 16.6. The highest BCUT2D eigenvalue weighted by Gasteiger charge is 2.40. The van der Waals surface area contributed by atoms with Gasteiger partial charge in [0.2, 0.25) is 0 Å². The normalized spacial score (nSPS) is 19.7. The minimum absolute atomic E-state index is 0.136. The molecule has 1 N–H and O–H groups in total. The summed E-state index contributed by atoms with van der Waals surface area (Å²) in [5.41, 5.74) is -0.0781. The van der Waals surface area contributed by atoms with Gasteiger partial charge in [0.15, 0.2) is 0 Å². The Labute approximate surface area is 188 Å². The van der Waals surface area contributed by atoms with Crippen LogP contribution in [-0.4, -0.2) is 40.3 Å². The fourth-order valence-corrected chi connectivity index (χ4v) is 3.54. The summed E-state index contributed by atoms with van der Waals surface area (Å²) in [7, 11) is 0. The largest absolute Gasteiger partial charge is 0.459 e. The molecule has 0 saturated carbocycles. The van der Waals surface area contributed by atoms with Gasteiger partial charge in [0.25, 0.3) is 5.56 Å². The number of benzene rings is 2. The number of aromatic nitrogens is 2. The molecule has 170 valence electrons. The molecule has 33 heavy (non-hydrogen) atoms. The predicted molar refractivity (Wildman–Crippen MR) is 117 cm³/mol. The standard InChI is InChI=1S/C24H22N2O7/c1-15-13-26(24(30)25-21(15)27)20-12-18(33-23(29)17-10-6-3-7-11-17)19(32-20)14-31-22(28)16-8-4-2-5-9-16/h2-11,13,18-20H,12,14H2,1H3,(H,25,27,30)/t18-,19+,20+/m0/s1/i14+1. The Bertz CT molecular complexity index is 1250. The lowest BCUT2D eigenvalue weighted by molar-refractivity contribution is -0.0582. The van der Waals surface area contributed by atoms with E-state index in [1.54, 1.807) is 67.6 Å². The molecule has 9 heteroatoms. The molecule has 0 bridgehead atoms. The van der Waals surface area contributed by atoms with Crippen LogP contribution in [0.5, 0.6) is 0 Å². The van der Waals surface area contributed by atoms with Crippen molar-refractivity contribution >= 4 is 11.9 Å². The number of aromatic amines is 1. The Morgan fingerprint density at radius 3 is 2.24 bits per heavy atom. The monoisotopic (exact) mass is 451 g/mol. The van der Waals surface area contributed by atoms with Crippen LogP contribution in [0.1, 0.15) is 38.9 Å². The molecule has 0 aliphatic carbocycles. The van der Waals surface area contributed by atoms with Crippen LogP contribution in [0, 0.1) is 6.92 Å². The topological polar surface area (TPSA) is 117 Å². The van der Waals surface area contributed by atoms with Crippen molar-refractivity contribution in [1.29, 1.82) is 0 Å². The first kappa shape index (κ1) is 22.2. The second kappa shape index (κ2) is 9.66. The van der Waals surface area contributed by atoms with Gasteiger partial charge in [0, 0.05) is 18.2 Å². The van der Waals surface area contributed by atoms with E-state index in [0.717, 1.165) is 0 Å². The molecule has 2 heterocycles.